The average Bonchev–Trinajstić information content (AvgIpc) is 1.58. The van der Waals surface area contributed by atoms with Gasteiger partial charge in [-0.2, -0.15) is 18.2 Å². The minimum Gasteiger partial charge on any atom is -0.510 e. The van der Waals surface area contributed by atoms with Gasteiger partial charge in [-0.1, -0.05) is 250 Å². The van der Waals surface area contributed by atoms with Crippen LogP contribution in [0.4, 0.5) is 0 Å². The quantitative estimate of drug-likeness (QED) is 0.107. The molecule has 0 atom stereocenters. The van der Waals surface area contributed by atoms with Crippen LogP contribution in [0.25, 0.3) is 161 Å². The molecule has 0 saturated heterocycles. The Balaban J connectivity index is 0.00000968. The summed E-state index contributed by atoms with van der Waals surface area (Å²) in [6.45, 7) is 19.8. The number of nitrogens with zero attached hydrogens (tertiary/aromatic N) is 4. The van der Waals surface area contributed by atoms with Crippen LogP contribution in [0, 0.1) is 18.5 Å². The van der Waals surface area contributed by atoms with Crippen LogP contribution in [0.3, 0.4) is 0 Å². The van der Waals surface area contributed by atoms with Crippen LogP contribution in [-0.2, 0) is 37.3 Å². The van der Waals surface area contributed by atoms with Gasteiger partial charge < -0.3 is 18.3 Å². The maximum atomic E-state index is 10.4. The molecule has 0 fully saturated rings. The van der Waals surface area contributed by atoms with Crippen LogP contribution in [-0.4, -0.2) is 14.1 Å². The minimum absolute atomic E-state index is 0. The van der Waals surface area contributed by atoms with Crippen molar-refractivity contribution < 1.29 is 52.6 Å². The molecule has 4 aromatic heterocycles. The standard InChI is InChI=1S/C96H74N4O2.Pt/c1-94(2,3)69-44-45-97-91(56-69)100-86-36-20-18-32-79(86)80-42-40-74(58-87(80)100)101-73-29-22-28-72(57-73)98-59-99-92-75(68-49-70(95(4,5)6)55-71(50-68)96(7,8)9)34-23-35-82(92)83-51-62(66-47-64(60-24-12-10-13-25-60)46-65(48-66)61-26-14-11-15-27-61)38-41-78(83)76-30-16-17-31-77(76)85-53-67(54-88(98)93(85)99)63-39-43-90-84(52-63)81-33-19-21-37-89(81)102-90;/h10-56H,1-9H3;/q-2;/i10D,11D,12D,13D,14D,15D,24D,25D,26D,27D,46D,47D,48D;. The summed E-state index contributed by atoms with van der Waals surface area (Å²) in [5, 5.41) is 3.93. The second kappa shape index (κ2) is 25.0. The van der Waals surface area contributed by atoms with E-state index in [4.69, 9.17) is 22.4 Å². The van der Waals surface area contributed by atoms with E-state index in [-0.39, 0.29) is 48.4 Å². The summed E-state index contributed by atoms with van der Waals surface area (Å²) >= 11 is 0. The van der Waals surface area contributed by atoms with E-state index in [1.54, 1.807) is 6.07 Å². The number of aromatic nitrogens is 4. The third kappa shape index (κ3) is 11.5. The molecule has 0 bridgehead atoms. The molecule has 7 heteroatoms. The Morgan fingerprint density at radius 2 is 0.990 bits per heavy atom. The van der Waals surface area contributed by atoms with E-state index >= 15 is 0 Å². The predicted octanol–water partition coefficient (Wildman–Crippen LogP) is 25.0. The molecular weight excluding hydrogens is 1440 g/mol. The van der Waals surface area contributed by atoms with Crippen molar-refractivity contribution in [1.82, 2.24) is 14.1 Å². The molecular formula is C96H74N4O2Pt-2. The molecule has 0 amide bonds. The Hall–Kier alpha value is -11.4. The first-order valence-corrected chi connectivity index (χ1v) is 34.3. The number of furan rings is 1. The summed E-state index contributed by atoms with van der Waals surface area (Å²) in [5.74, 6) is 1.60. The zero-order valence-corrected chi connectivity index (χ0v) is 60.3. The van der Waals surface area contributed by atoms with Crippen molar-refractivity contribution in [2.75, 3.05) is 0 Å². The molecule has 18 rings (SSSR count). The van der Waals surface area contributed by atoms with Crippen molar-refractivity contribution >= 4 is 54.8 Å². The maximum absolute atomic E-state index is 10.4. The summed E-state index contributed by atoms with van der Waals surface area (Å²) < 4.78 is 140. The van der Waals surface area contributed by atoms with E-state index in [0.29, 0.717) is 34.0 Å². The Morgan fingerprint density at radius 1 is 0.408 bits per heavy atom. The van der Waals surface area contributed by atoms with Crippen molar-refractivity contribution in [2.45, 2.75) is 78.6 Å². The third-order valence-corrected chi connectivity index (χ3v) is 19.7. The number of benzene rings is 13. The first-order chi connectivity index (χ1) is 54.8. The molecule has 0 N–H and O–H groups in total. The van der Waals surface area contributed by atoms with Crippen molar-refractivity contribution in [3.63, 3.8) is 0 Å². The molecule has 1 aliphatic rings. The summed E-state index contributed by atoms with van der Waals surface area (Å²) in [7, 11) is 0. The van der Waals surface area contributed by atoms with Gasteiger partial charge in [-0.15, -0.1) is 29.7 Å². The minimum atomic E-state index is -0.748. The number of hydrogen-bond acceptors (Lipinski definition) is 3. The molecule has 0 radical (unpaired) electrons. The van der Waals surface area contributed by atoms with Gasteiger partial charge >= 0.3 is 0 Å². The average molecular weight is 1520 g/mol. The van der Waals surface area contributed by atoms with Crippen LogP contribution >= 0.6 is 0 Å². The van der Waals surface area contributed by atoms with Gasteiger partial charge in [0, 0.05) is 55.1 Å². The molecule has 103 heavy (non-hydrogen) atoms. The van der Waals surface area contributed by atoms with Crippen molar-refractivity contribution in [3.05, 3.63) is 320 Å². The van der Waals surface area contributed by atoms with Crippen LogP contribution < -0.4 is 9.30 Å². The zero-order valence-electron chi connectivity index (χ0n) is 71.1. The van der Waals surface area contributed by atoms with Gasteiger partial charge in [0.2, 0.25) is 0 Å². The maximum Gasteiger partial charge on any atom is 0.268 e. The van der Waals surface area contributed by atoms with E-state index in [1.165, 1.54) is 0 Å². The van der Waals surface area contributed by atoms with Crippen LogP contribution in [0.15, 0.2) is 289 Å². The molecule has 0 saturated carbocycles. The van der Waals surface area contributed by atoms with E-state index in [1.807, 2.05) is 108 Å². The van der Waals surface area contributed by atoms with E-state index in [0.717, 1.165) is 122 Å². The smallest absolute Gasteiger partial charge is 0.268 e. The Bertz CT molecular complexity index is 6890. The largest absolute Gasteiger partial charge is 0.510 e. The molecule has 1 aliphatic heterocycles. The molecule has 0 unspecified atom stereocenters. The topological polar surface area (TPSA) is 49.0 Å². The van der Waals surface area contributed by atoms with Gasteiger partial charge in [0.05, 0.1) is 34.5 Å². The fourth-order valence-electron chi connectivity index (χ4n) is 14.4. The molecule has 17 aromatic rings. The number of fused-ring (bicyclic) bond motifs is 13. The molecule has 0 spiro atoms. The Labute approximate surface area is 634 Å². The van der Waals surface area contributed by atoms with Crippen molar-refractivity contribution in [2.24, 2.45) is 0 Å². The van der Waals surface area contributed by atoms with Crippen molar-refractivity contribution in [1.29, 1.82) is 0 Å². The van der Waals surface area contributed by atoms with Crippen LogP contribution in [0.5, 0.6) is 11.5 Å². The van der Waals surface area contributed by atoms with Gasteiger partial charge in [0.25, 0.3) is 6.33 Å². The van der Waals surface area contributed by atoms with Crippen LogP contribution in [0.1, 0.15) is 96.8 Å². The number of pyridine rings is 1. The van der Waals surface area contributed by atoms with Gasteiger partial charge in [-0.05, 0) is 200 Å². The SMILES string of the molecule is [2H]c1c([2H])c([2H])c(-c2c([2H])c(-c3ccc4c(c3)-c3cccc(-c5cc(C(C)(C)C)cc(C(C)(C)C)c5)c3-[n+]3[c-]n(-c5[c-]c(Oc6[c-]c7c(cc6)c6ccccc6n7-c6cc(C(C)(C)C)ccn6)ccc5)c5cc(-c6ccc7oc8ccccc8c7c6)cc(c53)-c3ccccc3-4)c([2H])c(-c3c([2H])c([2H])c([2H])c([2H])c3[2H])c2[2H])c([2H])c1[2H].[Pt]. The number of imidazole rings is 1. The van der Waals surface area contributed by atoms with E-state index in [9.17, 15) is 9.60 Å². The summed E-state index contributed by atoms with van der Waals surface area (Å²) in [6, 6.07) is 65.7. The Kier molecular flexibility index (Phi) is 12.5. The predicted molar refractivity (Wildman–Crippen MR) is 420 cm³/mol. The first-order valence-electron chi connectivity index (χ1n) is 40.8. The normalized spacial score (nSPS) is 14.0. The second-order valence-electron chi connectivity index (χ2n) is 29.4. The molecule has 0 aliphatic carbocycles. The van der Waals surface area contributed by atoms with Gasteiger partial charge in [0.15, 0.2) is 0 Å². The summed E-state index contributed by atoms with van der Waals surface area (Å²) in [5.41, 5.74) is 14.3. The summed E-state index contributed by atoms with van der Waals surface area (Å²) in [6.07, 6.45) is 5.86. The fraction of sp³-hybridized carbons (Fsp3) is 0.125. The van der Waals surface area contributed by atoms with E-state index in [2.05, 4.69) is 187 Å². The monoisotopic (exact) mass is 1520 g/mol. The van der Waals surface area contributed by atoms with E-state index < -0.39 is 101 Å². The van der Waals surface area contributed by atoms with Crippen molar-refractivity contribution in [3.8, 4) is 118 Å². The third-order valence-electron chi connectivity index (χ3n) is 19.7. The zero-order chi connectivity index (χ0) is 80.7. The molecule has 502 valence electrons. The Morgan fingerprint density at radius 3 is 1.71 bits per heavy atom. The molecule has 5 heterocycles. The van der Waals surface area contributed by atoms with Gasteiger partial charge in [-0.3, -0.25) is 4.57 Å². The van der Waals surface area contributed by atoms with Gasteiger partial charge in [-0.25, -0.2) is 4.98 Å². The number of rotatable bonds is 9. The summed E-state index contributed by atoms with van der Waals surface area (Å²) in [4.78, 5) is 4.94. The van der Waals surface area contributed by atoms with Gasteiger partial charge in [0.1, 0.15) is 17.0 Å². The molecule has 13 aromatic carbocycles. The van der Waals surface area contributed by atoms with Crippen LogP contribution in [0.2, 0.25) is 0 Å². The number of ether oxygens (including phenoxy) is 1. The fourth-order valence-corrected chi connectivity index (χ4v) is 14.4. The number of hydrogen-bond donors (Lipinski definition) is 0. The first kappa shape index (κ1) is 51.7. The number of para-hydroxylation sites is 3. The second-order valence-corrected chi connectivity index (χ2v) is 29.4. The molecule has 6 nitrogen and oxygen atoms in total.